The number of aromatic hydroxyl groups is 1. The van der Waals surface area contributed by atoms with E-state index in [0.29, 0.717) is 5.56 Å². The van der Waals surface area contributed by atoms with Crippen LogP contribution in [0.5, 0.6) is 17.2 Å². The second-order valence-corrected chi connectivity index (χ2v) is 9.24. The topological polar surface area (TPSA) is 139 Å². The molecular formula is C17H17NO10S. The lowest BCUT2D eigenvalue weighted by Crippen LogP contribution is -2.64. The van der Waals surface area contributed by atoms with E-state index in [1.165, 1.54) is 0 Å². The predicted octanol–water partition coefficient (Wildman–Crippen LogP) is -0.121. The minimum atomic E-state index is -4.26. The third kappa shape index (κ3) is 2.31. The van der Waals surface area contributed by atoms with Crippen molar-refractivity contribution in [2.24, 2.45) is 0 Å². The van der Waals surface area contributed by atoms with Crippen LogP contribution in [0, 0.1) is 0 Å². The van der Waals surface area contributed by atoms with Crippen molar-refractivity contribution in [3.05, 3.63) is 17.2 Å². The molecule has 2 saturated heterocycles. The van der Waals surface area contributed by atoms with E-state index < -0.39 is 58.5 Å². The zero-order chi connectivity index (χ0) is 20.3. The Kier molecular flexibility index (Phi) is 3.25. The van der Waals surface area contributed by atoms with Crippen LogP contribution in [0.15, 0.2) is 6.07 Å². The van der Waals surface area contributed by atoms with Gasteiger partial charge in [-0.15, -0.1) is 0 Å². The Bertz CT molecular complexity index is 1050. The molecule has 4 aliphatic heterocycles. The monoisotopic (exact) mass is 427 g/mol. The van der Waals surface area contributed by atoms with Gasteiger partial charge in [0.05, 0.1) is 11.6 Å². The van der Waals surface area contributed by atoms with Gasteiger partial charge in [-0.2, -0.15) is 8.42 Å². The Morgan fingerprint density at radius 3 is 2.62 bits per heavy atom. The Hall–Kier alpha value is -2.12. The molecule has 11 nitrogen and oxygen atoms in total. The van der Waals surface area contributed by atoms with Gasteiger partial charge in [0.15, 0.2) is 17.3 Å². The fourth-order valence-corrected chi connectivity index (χ4v) is 6.02. The van der Waals surface area contributed by atoms with Crippen LogP contribution in [0.3, 0.4) is 0 Å². The number of carbonyl (C=O) groups excluding carboxylic acids is 1. The van der Waals surface area contributed by atoms with E-state index in [1.54, 1.807) is 19.9 Å². The summed E-state index contributed by atoms with van der Waals surface area (Å²) in [5, 5.41) is 13.4. The molecule has 0 aromatic heterocycles. The van der Waals surface area contributed by atoms with Crippen LogP contribution in [0.25, 0.3) is 0 Å². The summed E-state index contributed by atoms with van der Waals surface area (Å²) >= 11 is 0. The van der Waals surface area contributed by atoms with E-state index in [0.717, 1.165) is 0 Å². The van der Waals surface area contributed by atoms with Gasteiger partial charge < -0.3 is 29.4 Å². The van der Waals surface area contributed by atoms with Crippen LogP contribution >= 0.6 is 0 Å². The first-order valence-electron chi connectivity index (χ1n) is 9.09. The molecule has 1 saturated carbocycles. The second kappa shape index (κ2) is 5.32. The fourth-order valence-electron chi connectivity index (χ4n) is 4.98. The summed E-state index contributed by atoms with van der Waals surface area (Å²) < 4.78 is 57.2. The summed E-state index contributed by atoms with van der Waals surface area (Å²) in [6.45, 7) is 3.29. The molecule has 1 aromatic carbocycles. The molecule has 1 aliphatic carbocycles. The van der Waals surface area contributed by atoms with Gasteiger partial charge in [-0.1, -0.05) is 0 Å². The first kappa shape index (κ1) is 17.7. The maximum atomic E-state index is 12.9. The highest BCUT2D eigenvalue weighted by Gasteiger charge is 2.65. The number of fused-ring (bicyclic) bond motifs is 9. The van der Waals surface area contributed by atoms with Crippen molar-refractivity contribution in [2.45, 2.75) is 56.0 Å². The number of rotatable bonds is 0. The number of ether oxygens (including phenoxy) is 4. The Labute approximate surface area is 165 Å². The SMILES string of the molecule is CC1(C)O[C@H]2[C@@H]3NC(=O)c4c(cc5c(c4O)OCO5)[C@H]3C3OS(=O)(=O)O[C@@H]3[C@H]2O1. The zero-order valence-electron chi connectivity index (χ0n) is 15.3. The van der Waals surface area contributed by atoms with Gasteiger partial charge in [0.1, 0.15) is 24.4 Å². The van der Waals surface area contributed by atoms with Crippen LogP contribution < -0.4 is 14.8 Å². The summed E-state index contributed by atoms with van der Waals surface area (Å²) in [6, 6.07) is 0.903. The minimum absolute atomic E-state index is 0.0150. The number of hydrogen-bond donors (Lipinski definition) is 2. The predicted molar refractivity (Wildman–Crippen MR) is 90.7 cm³/mol. The van der Waals surface area contributed by atoms with E-state index in [9.17, 15) is 18.3 Å². The van der Waals surface area contributed by atoms with Crippen molar-refractivity contribution in [1.82, 2.24) is 5.32 Å². The minimum Gasteiger partial charge on any atom is -0.504 e. The van der Waals surface area contributed by atoms with Crippen molar-refractivity contribution in [3.63, 3.8) is 0 Å². The van der Waals surface area contributed by atoms with Crippen LogP contribution in [0.1, 0.15) is 35.7 Å². The van der Waals surface area contributed by atoms with Gasteiger partial charge in [0, 0.05) is 5.92 Å². The highest BCUT2D eigenvalue weighted by molar-refractivity contribution is 7.82. The average molecular weight is 427 g/mol. The first-order valence-corrected chi connectivity index (χ1v) is 10.4. The summed E-state index contributed by atoms with van der Waals surface area (Å²) in [7, 11) is -4.26. The number of amides is 1. The van der Waals surface area contributed by atoms with Gasteiger partial charge in [0.25, 0.3) is 5.91 Å². The van der Waals surface area contributed by atoms with Crippen LogP contribution in [0.2, 0.25) is 0 Å². The third-order valence-corrected chi connectivity index (χ3v) is 6.83. The molecule has 0 radical (unpaired) electrons. The molecule has 29 heavy (non-hydrogen) atoms. The molecular weight excluding hydrogens is 410 g/mol. The van der Waals surface area contributed by atoms with E-state index in [-0.39, 0.29) is 29.6 Å². The lowest BCUT2D eigenvalue weighted by molar-refractivity contribution is -0.152. The maximum absolute atomic E-state index is 12.9. The highest BCUT2D eigenvalue weighted by atomic mass is 32.3. The van der Waals surface area contributed by atoms with Crippen LogP contribution in [-0.2, 0) is 28.2 Å². The lowest BCUT2D eigenvalue weighted by Gasteiger charge is -2.45. The summed E-state index contributed by atoms with van der Waals surface area (Å²) in [6.07, 6.45) is -3.40. The second-order valence-electron chi connectivity index (χ2n) is 8.04. The van der Waals surface area contributed by atoms with Gasteiger partial charge in [-0.05, 0) is 25.5 Å². The molecule has 2 N–H and O–H groups in total. The maximum Gasteiger partial charge on any atom is 0.400 e. The lowest BCUT2D eigenvalue weighted by atomic mass is 9.70. The van der Waals surface area contributed by atoms with Gasteiger partial charge in [-0.3, -0.25) is 4.79 Å². The van der Waals surface area contributed by atoms with Crippen molar-refractivity contribution in [2.75, 3.05) is 6.79 Å². The third-order valence-electron chi connectivity index (χ3n) is 5.92. The Morgan fingerprint density at radius 1 is 1.10 bits per heavy atom. The molecule has 6 rings (SSSR count). The largest absolute Gasteiger partial charge is 0.504 e. The molecule has 1 unspecified atom stereocenters. The normalized spacial score (nSPS) is 39.9. The molecule has 3 fully saturated rings. The van der Waals surface area contributed by atoms with Crippen LogP contribution in [0.4, 0.5) is 0 Å². The summed E-state index contributed by atoms with van der Waals surface area (Å²) in [4.78, 5) is 12.9. The summed E-state index contributed by atoms with van der Waals surface area (Å²) in [5.41, 5.74) is 0.363. The average Bonchev–Trinajstić information content (AvgIpc) is 3.29. The number of phenols is 1. The van der Waals surface area contributed by atoms with E-state index >= 15 is 0 Å². The van der Waals surface area contributed by atoms with Crippen molar-refractivity contribution in [1.29, 1.82) is 0 Å². The molecule has 156 valence electrons. The van der Waals surface area contributed by atoms with E-state index in [1.807, 2.05) is 0 Å². The van der Waals surface area contributed by atoms with Crippen molar-refractivity contribution >= 4 is 16.3 Å². The standard InChI is InChI=1S/C17H17NO10S/c1-17(2)25-13-9-7(12-15(14(13)26-17)28-29(21,22)27-12)5-3-6-11(24-4-23-6)10(19)8(5)16(20)18-9/h3,7,9,12-15,19H,4H2,1-2H3,(H,18,20)/t7-,9-,12?,13+,14+,15+/m1/s1. The molecule has 1 amide bonds. The zero-order valence-corrected chi connectivity index (χ0v) is 16.1. The van der Waals surface area contributed by atoms with Crippen molar-refractivity contribution in [3.8, 4) is 17.2 Å². The van der Waals surface area contributed by atoms with E-state index in [2.05, 4.69) is 5.32 Å². The Balaban J connectivity index is 1.55. The molecule has 5 aliphatic rings. The number of hydrogen-bond acceptors (Lipinski definition) is 10. The fraction of sp³-hybridized carbons (Fsp3) is 0.588. The smallest absolute Gasteiger partial charge is 0.400 e. The number of nitrogens with one attached hydrogen (secondary N) is 1. The molecule has 4 heterocycles. The van der Waals surface area contributed by atoms with Gasteiger partial charge >= 0.3 is 10.4 Å². The highest BCUT2D eigenvalue weighted by Crippen LogP contribution is 2.54. The number of benzene rings is 1. The number of phenolic OH excluding ortho intramolecular Hbond substituents is 1. The van der Waals surface area contributed by atoms with Gasteiger partial charge in [-0.25, -0.2) is 8.37 Å². The molecule has 6 atom stereocenters. The first-order chi connectivity index (χ1) is 13.7. The van der Waals surface area contributed by atoms with E-state index in [4.69, 9.17) is 27.3 Å². The molecule has 0 spiro atoms. The Morgan fingerprint density at radius 2 is 1.83 bits per heavy atom. The van der Waals surface area contributed by atoms with Gasteiger partial charge in [0.2, 0.25) is 12.5 Å². The molecule has 0 bridgehead atoms. The van der Waals surface area contributed by atoms with Crippen molar-refractivity contribution < 1.29 is 45.6 Å². The molecule has 1 aromatic rings. The van der Waals surface area contributed by atoms with Crippen LogP contribution in [-0.4, -0.2) is 62.5 Å². The molecule has 12 heteroatoms. The summed E-state index contributed by atoms with van der Waals surface area (Å²) in [5.74, 6) is -2.27. The number of carbonyl (C=O) groups is 1. The quantitative estimate of drug-likeness (QED) is 0.576.